The molecule has 1 amide bonds. The molecule has 1 aliphatic heterocycles. The molecular formula is C27H29N5OS. The van der Waals surface area contributed by atoms with E-state index in [4.69, 9.17) is 0 Å². The minimum Gasteiger partial charge on any atom is -0.369 e. The Bertz CT molecular complexity index is 1260. The topological polar surface area (TPSA) is 52.9 Å². The Morgan fingerprint density at radius 1 is 1.03 bits per heavy atom. The number of likely N-dealkylation sites (N-methyl/N-ethyl adjacent to an activating group) is 1. The van der Waals surface area contributed by atoms with Crippen molar-refractivity contribution in [3.63, 3.8) is 0 Å². The first kappa shape index (κ1) is 22.5. The second kappa shape index (κ2) is 9.91. The van der Waals surface area contributed by atoms with Crippen LogP contribution in [0.2, 0.25) is 0 Å². The number of hydrogen-bond donors (Lipinski definition) is 1. The lowest BCUT2D eigenvalue weighted by Crippen LogP contribution is -2.44. The van der Waals surface area contributed by atoms with E-state index in [0.717, 1.165) is 59.4 Å². The van der Waals surface area contributed by atoms with E-state index in [0.29, 0.717) is 5.56 Å². The highest BCUT2D eigenvalue weighted by Gasteiger charge is 2.15. The molecule has 1 aliphatic rings. The summed E-state index contributed by atoms with van der Waals surface area (Å²) in [6, 6.07) is 20.0. The predicted molar refractivity (Wildman–Crippen MR) is 140 cm³/mol. The van der Waals surface area contributed by atoms with E-state index >= 15 is 0 Å². The number of aryl methyl sites for hydroxylation is 1. The number of nitrogens with one attached hydrogen (secondary N) is 1. The number of carbonyl (C=O) groups is 1. The van der Waals surface area contributed by atoms with E-state index in [-0.39, 0.29) is 5.91 Å². The quantitative estimate of drug-likeness (QED) is 0.404. The molecule has 2 aromatic heterocycles. The maximum atomic E-state index is 12.8. The Balaban J connectivity index is 1.18. The van der Waals surface area contributed by atoms with Crippen LogP contribution < -0.4 is 10.2 Å². The van der Waals surface area contributed by atoms with Crippen molar-refractivity contribution in [1.29, 1.82) is 0 Å². The third-order valence-corrected chi connectivity index (χ3v) is 7.29. The number of piperazine rings is 1. The highest BCUT2D eigenvalue weighted by atomic mass is 32.2. The van der Waals surface area contributed by atoms with E-state index in [1.165, 1.54) is 5.69 Å². The van der Waals surface area contributed by atoms with Crippen molar-refractivity contribution in [2.45, 2.75) is 17.6 Å². The van der Waals surface area contributed by atoms with Crippen LogP contribution in [0.5, 0.6) is 0 Å². The Kier molecular flexibility index (Phi) is 6.56. The first-order valence-corrected chi connectivity index (χ1v) is 12.5. The number of aromatic nitrogens is 2. The molecule has 0 unspecified atom stereocenters. The van der Waals surface area contributed by atoms with E-state index in [2.05, 4.69) is 45.5 Å². The van der Waals surface area contributed by atoms with Gasteiger partial charge in [-0.3, -0.25) is 4.79 Å². The molecule has 1 N–H and O–H groups in total. The van der Waals surface area contributed by atoms with E-state index in [1.807, 2.05) is 66.1 Å². The summed E-state index contributed by atoms with van der Waals surface area (Å²) in [7, 11) is 2.16. The molecule has 174 valence electrons. The molecule has 4 aromatic rings. The van der Waals surface area contributed by atoms with Gasteiger partial charge in [0.15, 0.2) is 0 Å². The molecule has 0 aliphatic carbocycles. The minimum absolute atomic E-state index is 0.0904. The maximum absolute atomic E-state index is 12.8. The molecule has 0 saturated carbocycles. The molecule has 5 rings (SSSR count). The van der Waals surface area contributed by atoms with Crippen molar-refractivity contribution in [3.05, 3.63) is 89.9 Å². The Hall–Kier alpha value is -3.29. The van der Waals surface area contributed by atoms with Crippen molar-refractivity contribution in [3.8, 4) is 0 Å². The third kappa shape index (κ3) is 5.11. The SMILES string of the molecule is Cc1cc(N2CCN(C)CC2)ccc1NC(=O)c1ccc(SCc2cn3ccccc3n2)cc1. The summed E-state index contributed by atoms with van der Waals surface area (Å²) in [6.07, 6.45) is 4.06. The Labute approximate surface area is 204 Å². The van der Waals surface area contributed by atoms with Crippen LogP contribution in [0.1, 0.15) is 21.6 Å². The number of amides is 1. The van der Waals surface area contributed by atoms with E-state index < -0.39 is 0 Å². The maximum Gasteiger partial charge on any atom is 0.255 e. The normalized spacial score (nSPS) is 14.5. The fourth-order valence-corrected chi connectivity index (χ4v) is 4.94. The number of imidazole rings is 1. The zero-order valence-electron chi connectivity index (χ0n) is 19.6. The summed E-state index contributed by atoms with van der Waals surface area (Å²) in [6.45, 7) is 6.26. The fourth-order valence-electron chi connectivity index (χ4n) is 4.16. The number of thioether (sulfide) groups is 1. The molecule has 2 aromatic carbocycles. The summed E-state index contributed by atoms with van der Waals surface area (Å²) >= 11 is 1.72. The van der Waals surface area contributed by atoms with Crippen LogP contribution in [-0.4, -0.2) is 53.4 Å². The third-order valence-electron chi connectivity index (χ3n) is 6.24. The van der Waals surface area contributed by atoms with Gasteiger partial charge in [0.05, 0.1) is 5.69 Å². The van der Waals surface area contributed by atoms with Gasteiger partial charge in [-0.2, -0.15) is 0 Å². The summed E-state index contributed by atoms with van der Waals surface area (Å²) < 4.78 is 2.03. The lowest BCUT2D eigenvalue weighted by Gasteiger charge is -2.34. The molecule has 1 fully saturated rings. The van der Waals surface area contributed by atoms with Crippen LogP contribution >= 0.6 is 11.8 Å². The van der Waals surface area contributed by atoms with Crippen LogP contribution in [0.4, 0.5) is 11.4 Å². The second-order valence-electron chi connectivity index (χ2n) is 8.76. The van der Waals surface area contributed by atoms with Gasteiger partial charge in [0, 0.05) is 66.2 Å². The lowest BCUT2D eigenvalue weighted by atomic mass is 10.1. The highest BCUT2D eigenvalue weighted by molar-refractivity contribution is 7.98. The molecule has 0 atom stereocenters. The van der Waals surface area contributed by atoms with Crippen LogP contribution in [0.25, 0.3) is 5.65 Å². The van der Waals surface area contributed by atoms with Crippen molar-refractivity contribution in [2.24, 2.45) is 0 Å². The number of anilines is 2. The van der Waals surface area contributed by atoms with Crippen LogP contribution in [0, 0.1) is 6.92 Å². The van der Waals surface area contributed by atoms with Gasteiger partial charge in [0.2, 0.25) is 0 Å². The summed E-state index contributed by atoms with van der Waals surface area (Å²) in [5.41, 5.74) is 5.79. The number of rotatable bonds is 6. The Morgan fingerprint density at radius 3 is 2.56 bits per heavy atom. The first-order chi connectivity index (χ1) is 16.5. The van der Waals surface area contributed by atoms with Gasteiger partial charge in [-0.25, -0.2) is 4.98 Å². The van der Waals surface area contributed by atoms with Gasteiger partial charge >= 0.3 is 0 Å². The average molecular weight is 472 g/mol. The van der Waals surface area contributed by atoms with Crippen molar-refractivity contribution < 1.29 is 4.79 Å². The highest BCUT2D eigenvalue weighted by Crippen LogP contribution is 2.26. The summed E-state index contributed by atoms with van der Waals surface area (Å²) in [4.78, 5) is 23.3. The van der Waals surface area contributed by atoms with Crippen LogP contribution in [0.3, 0.4) is 0 Å². The van der Waals surface area contributed by atoms with Gasteiger partial charge in [-0.1, -0.05) is 6.07 Å². The molecule has 0 radical (unpaired) electrons. The zero-order chi connectivity index (χ0) is 23.5. The number of fused-ring (bicyclic) bond motifs is 1. The average Bonchev–Trinajstić information content (AvgIpc) is 3.28. The first-order valence-electron chi connectivity index (χ1n) is 11.6. The van der Waals surface area contributed by atoms with Crippen molar-refractivity contribution in [2.75, 3.05) is 43.4 Å². The van der Waals surface area contributed by atoms with Gasteiger partial charge in [-0.05, 0) is 74.1 Å². The predicted octanol–water partition coefficient (Wildman–Crippen LogP) is 4.94. The van der Waals surface area contributed by atoms with Crippen molar-refractivity contribution in [1.82, 2.24) is 14.3 Å². The van der Waals surface area contributed by atoms with Gasteiger partial charge in [0.25, 0.3) is 5.91 Å². The second-order valence-corrected chi connectivity index (χ2v) is 9.80. The zero-order valence-corrected chi connectivity index (χ0v) is 20.4. The molecule has 0 bridgehead atoms. The molecule has 0 spiro atoms. The van der Waals surface area contributed by atoms with Gasteiger partial charge in [0.1, 0.15) is 5.65 Å². The van der Waals surface area contributed by atoms with E-state index in [1.54, 1.807) is 11.8 Å². The smallest absolute Gasteiger partial charge is 0.255 e. The summed E-state index contributed by atoms with van der Waals surface area (Å²) in [5, 5.41) is 3.07. The largest absolute Gasteiger partial charge is 0.369 e. The van der Waals surface area contributed by atoms with Crippen LogP contribution in [0.15, 0.2) is 78.0 Å². The number of pyridine rings is 1. The molecule has 34 heavy (non-hydrogen) atoms. The number of hydrogen-bond acceptors (Lipinski definition) is 5. The van der Waals surface area contributed by atoms with Gasteiger partial charge in [-0.15, -0.1) is 11.8 Å². The number of nitrogens with zero attached hydrogens (tertiary/aromatic N) is 4. The Morgan fingerprint density at radius 2 is 1.82 bits per heavy atom. The van der Waals surface area contributed by atoms with Gasteiger partial charge < -0.3 is 19.5 Å². The number of benzene rings is 2. The minimum atomic E-state index is -0.0904. The van der Waals surface area contributed by atoms with E-state index in [9.17, 15) is 4.79 Å². The summed E-state index contributed by atoms with van der Waals surface area (Å²) in [5.74, 6) is 0.693. The molecule has 1 saturated heterocycles. The number of carbonyl (C=O) groups excluding carboxylic acids is 1. The fraction of sp³-hybridized carbons (Fsp3) is 0.259. The molecular weight excluding hydrogens is 442 g/mol. The standard InChI is InChI=1S/C27H29N5OS/c1-20-17-23(31-15-13-30(2)14-16-31)8-11-25(20)29-27(33)21-6-9-24(10-7-21)34-19-22-18-32-12-4-3-5-26(32)28-22/h3-12,17-18H,13-16,19H2,1-2H3,(H,29,33). The molecule has 3 heterocycles. The molecule has 7 heteroatoms. The van der Waals surface area contributed by atoms with Crippen LogP contribution in [-0.2, 0) is 5.75 Å². The van der Waals surface area contributed by atoms with Crippen molar-refractivity contribution >= 4 is 34.7 Å². The monoisotopic (exact) mass is 471 g/mol. The lowest BCUT2D eigenvalue weighted by molar-refractivity contribution is 0.102. The molecule has 6 nitrogen and oxygen atoms in total.